The Kier molecular flexibility index (Phi) is 6.82. The van der Waals surface area contributed by atoms with Crippen molar-refractivity contribution in [2.45, 2.75) is 33.7 Å². The smallest absolute Gasteiger partial charge is 0.357 e. The molecule has 1 aromatic heterocycles. The fourth-order valence-corrected chi connectivity index (χ4v) is 2.95. The molecule has 0 aliphatic carbocycles. The van der Waals surface area contributed by atoms with Crippen LogP contribution < -0.4 is 4.90 Å². The van der Waals surface area contributed by atoms with Gasteiger partial charge in [0.05, 0.1) is 6.61 Å². The van der Waals surface area contributed by atoms with Crippen LogP contribution in [0.15, 0.2) is 28.6 Å². The highest BCUT2D eigenvalue weighted by atomic mass is 16.5. The zero-order valence-electron chi connectivity index (χ0n) is 15.8. The summed E-state index contributed by atoms with van der Waals surface area (Å²) in [5.41, 5.74) is 1.05. The molecule has 1 fully saturated rings. The van der Waals surface area contributed by atoms with Crippen molar-refractivity contribution < 1.29 is 9.53 Å². The van der Waals surface area contributed by atoms with Crippen molar-refractivity contribution in [2.75, 3.05) is 31.1 Å². The number of esters is 1. The highest BCUT2D eigenvalue weighted by Gasteiger charge is 2.28. The fourth-order valence-electron chi connectivity index (χ4n) is 2.95. The van der Waals surface area contributed by atoms with E-state index in [1.807, 2.05) is 19.9 Å². The molecule has 8 heteroatoms. The predicted molar refractivity (Wildman–Crippen MR) is 103 cm³/mol. The van der Waals surface area contributed by atoms with Crippen molar-refractivity contribution >= 4 is 24.5 Å². The van der Waals surface area contributed by atoms with Crippen LogP contribution in [-0.4, -0.2) is 65.8 Å². The minimum atomic E-state index is -0.420. The standard InChI is InChI=1S/C18H26N6O2/c1-6-8-20-18(19-5)23-9-10-24(13(3)11-23)16-14(4)15(21-12-22-16)17(25)26-7-2/h6,8,12-13H,5,7,9-11H2,1-4H3. The largest absolute Gasteiger partial charge is 0.461 e. The van der Waals surface area contributed by atoms with Crippen LogP contribution in [0.4, 0.5) is 5.82 Å². The highest BCUT2D eigenvalue weighted by molar-refractivity contribution is 5.90. The lowest BCUT2D eigenvalue weighted by molar-refractivity contribution is 0.0518. The molecule has 140 valence electrons. The summed E-state index contributed by atoms with van der Waals surface area (Å²) in [7, 11) is 0. The normalized spacial score (nSPS) is 18.3. The maximum atomic E-state index is 12.1. The number of allylic oxidation sites excluding steroid dienone is 1. The summed E-state index contributed by atoms with van der Waals surface area (Å²) in [6.45, 7) is 13.8. The number of aromatic nitrogens is 2. The molecule has 0 N–H and O–H groups in total. The molecule has 0 amide bonds. The van der Waals surface area contributed by atoms with Gasteiger partial charge in [-0.1, -0.05) is 6.08 Å². The molecule has 8 nitrogen and oxygen atoms in total. The van der Waals surface area contributed by atoms with Gasteiger partial charge in [-0.2, -0.15) is 0 Å². The first kappa shape index (κ1) is 19.6. The molecule has 0 spiro atoms. The molecule has 1 aromatic rings. The summed E-state index contributed by atoms with van der Waals surface area (Å²) >= 11 is 0. The zero-order chi connectivity index (χ0) is 19.1. The van der Waals surface area contributed by atoms with Gasteiger partial charge in [0, 0.05) is 37.4 Å². The number of guanidine groups is 1. The Morgan fingerprint density at radius 3 is 2.85 bits per heavy atom. The molecular formula is C18H26N6O2. The minimum absolute atomic E-state index is 0.157. The SMILES string of the molecule is C=NC(=NC=CC)N1CCN(c2ncnc(C(=O)OCC)c2C)C(C)C1. The first-order chi connectivity index (χ1) is 12.5. The van der Waals surface area contributed by atoms with Crippen molar-refractivity contribution in [3.05, 3.63) is 29.9 Å². The lowest BCUT2D eigenvalue weighted by Gasteiger charge is -2.41. The first-order valence-corrected chi connectivity index (χ1v) is 8.69. The van der Waals surface area contributed by atoms with Crippen molar-refractivity contribution in [1.82, 2.24) is 14.9 Å². The third kappa shape index (κ3) is 4.25. The maximum Gasteiger partial charge on any atom is 0.357 e. The number of piperazine rings is 1. The number of aliphatic imine (C=N–C) groups is 2. The van der Waals surface area contributed by atoms with Crippen molar-refractivity contribution in [3.63, 3.8) is 0 Å². The van der Waals surface area contributed by atoms with Gasteiger partial charge >= 0.3 is 5.97 Å². The number of ether oxygens (including phenoxy) is 1. The van der Waals surface area contributed by atoms with Crippen LogP contribution in [0.25, 0.3) is 0 Å². The number of anilines is 1. The van der Waals surface area contributed by atoms with Crippen LogP contribution in [0, 0.1) is 6.92 Å². The second-order valence-corrected chi connectivity index (χ2v) is 5.95. The Balaban J connectivity index is 2.21. The Bertz CT molecular complexity index is 716. The third-order valence-corrected chi connectivity index (χ3v) is 4.19. The molecule has 1 atom stereocenters. The van der Waals surface area contributed by atoms with E-state index in [0.717, 1.165) is 31.0 Å². The molecule has 1 aliphatic rings. The van der Waals surface area contributed by atoms with E-state index in [1.54, 1.807) is 13.1 Å². The van der Waals surface area contributed by atoms with Gasteiger partial charge in [-0.3, -0.25) is 0 Å². The molecule has 0 aromatic carbocycles. The van der Waals surface area contributed by atoms with E-state index in [-0.39, 0.29) is 6.04 Å². The van der Waals surface area contributed by atoms with Crippen LogP contribution in [0.5, 0.6) is 0 Å². The van der Waals surface area contributed by atoms with Gasteiger partial charge in [0.1, 0.15) is 12.1 Å². The van der Waals surface area contributed by atoms with Crippen LogP contribution in [-0.2, 0) is 4.74 Å². The topological polar surface area (TPSA) is 83.3 Å². The van der Waals surface area contributed by atoms with Crippen molar-refractivity contribution in [1.29, 1.82) is 0 Å². The first-order valence-electron chi connectivity index (χ1n) is 8.69. The summed E-state index contributed by atoms with van der Waals surface area (Å²) in [5, 5.41) is 0. The van der Waals surface area contributed by atoms with Gasteiger partial charge in [-0.15, -0.1) is 0 Å². The van der Waals surface area contributed by atoms with E-state index < -0.39 is 5.97 Å². The summed E-state index contributed by atoms with van der Waals surface area (Å²) in [6.07, 6.45) is 4.98. The lowest BCUT2D eigenvalue weighted by atomic mass is 10.1. The van der Waals surface area contributed by atoms with Gasteiger partial charge in [-0.25, -0.2) is 24.7 Å². The summed E-state index contributed by atoms with van der Waals surface area (Å²) in [6, 6.07) is 0.157. The van der Waals surface area contributed by atoms with Crippen LogP contribution in [0.1, 0.15) is 36.8 Å². The van der Waals surface area contributed by atoms with Crippen LogP contribution in [0.3, 0.4) is 0 Å². The molecule has 1 aliphatic heterocycles. The number of carbonyl (C=O) groups excluding carboxylic acids is 1. The second kappa shape index (κ2) is 9.07. The third-order valence-electron chi connectivity index (χ3n) is 4.19. The molecule has 0 saturated carbocycles. The fraction of sp³-hybridized carbons (Fsp3) is 0.500. The summed E-state index contributed by atoms with van der Waals surface area (Å²) in [4.78, 5) is 33.2. The molecular weight excluding hydrogens is 332 g/mol. The number of hydrogen-bond donors (Lipinski definition) is 0. The molecule has 0 radical (unpaired) electrons. The summed E-state index contributed by atoms with van der Waals surface area (Å²) in [5.74, 6) is 0.950. The highest BCUT2D eigenvalue weighted by Crippen LogP contribution is 2.24. The Hall–Kier alpha value is -2.77. The molecule has 0 bridgehead atoms. The second-order valence-electron chi connectivity index (χ2n) is 5.95. The van der Waals surface area contributed by atoms with E-state index in [4.69, 9.17) is 4.74 Å². The minimum Gasteiger partial charge on any atom is -0.461 e. The molecule has 2 rings (SSSR count). The average molecular weight is 358 g/mol. The monoisotopic (exact) mass is 358 g/mol. The van der Waals surface area contributed by atoms with E-state index >= 15 is 0 Å². The van der Waals surface area contributed by atoms with E-state index in [0.29, 0.717) is 18.3 Å². The van der Waals surface area contributed by atoms with Gasteiger partial charge in [-0.05, 0) is 34.4 Å². The van der Waals surface area contributed by atoms with Crippen LogP contribution >= 0.6 is 0 Å². The Morgan fingerprint density at radius 1 is 1.46 bits per heavy atom. The Morgan fingerprint density at radius 2 is 2.23 bits per heavy atom. The molecule has 1 unspecified atom stereocenters. The van der Waals surface area contributed by atoms with E-state index in [1.165, 1.54) is 6.33 Å². The number of hydrogen-bond acceptors (Lipinski definition) is 6. The average Bonchev–Trinajstić information content (AvgIpc) is 2.63. The van der Waals surface area contributed by atoms with E-state index in [9.17, 15) is 4.79 Å². The maximum absolute atomic E-state index is 12.1. The summed E-state index contributed by atoms with van der Waals surface area (Å²) < 4.78 is 5.08. The van der Waals surface area contributed by atoms with Gasteiger partial charge in [0.25, 0.3) is 0 Å². The quantitative estimate of drug-likeness (QED) is 0.465. The zero-order valence-corrected chi connectivity index (χ0v) is 15.8. The molecule has 26 heavy (non-hydrogen) atoms. The van der Waals surface area contributed by atoms with Crippen LogP contribution in [0.2, 0.25) is 0 Å². The number of carbonyl (C=O) groups is 1. The van der Waals surface area contributed by atoms with Gasteiger partial charge in [0.2, 0.25) is 5.96 Å². The Labute approximate surface area is 154 Å². The lowest BCUT2D eigenvalue weighted by Crippen LogP contribution is -2.54. The number of rotatable bonds is 4. The van der Waals surface area contributed by atoms with Crippen molar-refractivity contribution in [3.8, 4) is 0 Å². The molecule has 2 heterocycles. The number of nitrogens with zero attached hydrogens (tertiary/aromatic N) is 6. The van der Waals surface area contributed by atoms with E-state index in [2.05, 4.69) is 43.4 Å². The van der Waals surface area contributed by atoms with Crippen molar-refractivity contribution in [2.24, 2.45) is 9.98 Å². The van der Waals surface area contributed by atoms with Gasteiger partial charge < -0.3 is 14.5 Å². The van der Waals surface area contributed by atoms with Gasteiger partial charge in [0.15, 0.2) is 5.69 Å². The predicted octanol–water partition coefficient (Wildman–Crippen LogP) is 2.06. The molecule has 1 saturated heterocycles.